The molecule has 2 aromatic rings. The van der Waals surface area contributed by atoms with Gasteiger partial charge in [-0.05, 0) is 62.7 Å². The third-order valence-corrected chi connectivity index (χ3v) is 7.05. The van der Waals surface area contributed by atoms with Crippen molar-refractivity contribution in [1.82, 2.24) is 14.7 Å². The van der Waals surface area contributed by atoms with Crippen molar-refractivity contribution in [3.8, 4) is 0 Å². The Morgan fingerprint density at radius 3 is 2.62 bits per heavy atom. The number of hydrogen-bond acceptors (Lipinski definition) is 3. The zero-order chi connectivity index (χ0) is 14.0. The molecule has 0 spiro atoms. The molecule has 4 aliphatic rings. The van der Waals surface area contributed by atoms with Crippen LogP contribution in [0, 0.1) is 30.6 Å². The average molecular weight is 301 g/mol. The molecule has 4 heteroatoms. The largest absolute Gasteiger partial charge is 0.308 e. The summed E-state index contributed by atoms with van der Waals surface area (Å²) in [6, 6.07) is 0.765. The Balaban J connectivity index is 1.36. The van der Waals surface area contributed by atoms with Gasteiger partial charge in [-0.15, -0.1) is 11.3 Å². The van der Waals surface area contributed by atoms with Crippen molar-refractivity contribution in [2.45, 2.75) is 51.6 Å². The molecule has 2 aromatic heterocycles. The molecule has 3 nitrogen and oxygen atoms in total. The quantitative estimate of drug-likeness (QED) is 0.938. The first-order chi connectivity index (χ1) is 10.3. The topological polar surface area (TPSA) is 29.3 Å². The first-order valence-electron chi connectivity index (χ1n) is 8.42. The Bertz CT molecular complexity index is 643. The molecule has 0 atom stereocenters. The molecule has 0 unspecified atom stereocenters. The Morgan fingerprint density at radius 2 is 1.90 bits per heavy atom. The zero-order valence-corrected chi connectivity index (χ0v) is 13.4. The molecule has 4 fully saturated rings. The van der Waals surface area contributed by atoms with Crippen LogP contribution in [-0.2, 0) is 6.54 Å². The van der Waals surface area contributed by atoms with Crippen molar-refractivity contribution < 1.29 is 0 Å². The van der Waals surface area contributed by atoms with Crippen molar-refractivity contribution in [1.29, 1.82) is 0 Å². The average Bonchev–Trinajstić information content (AvgIpc) is 2.99. The van der Waals surface area contributed by atoms with Crippen LogP contribution in [0.3, 0.4) is 0 Å². The Labute approximate surface area is 129 Å². The third kappa shape index (κ3) is 1.92. The lowest BCUT2D eigenvalue weighted by atomic mass is 9.54. The van der Waals surface area contributed by atoms with Crippen LogP contribution < -0.4 is 5.32 Å². The molecule has 112 valence electrons. The maximum atomic E-state index is 4.67. The first kappa shape index (κ1) is 12.7. The van der Waals surface area contributed by atoms with Gasteiger partial charge in [0.25, 0.3) is 0 Å². The predicted octanol–water partition coefficient (Wildman–Crippen LogP) is 3.62. The van der Waals surface area contributed by atoms with Gasteiger partial charge in [0.2, 0.25) is 0 Å². The highest BCUT2D eigenvalue weighted by Crippen LogP contribution is 2.53. The molecule has 0 radical (unpaired) electrons. The van der Waals surface area contributed by atoms with Crippen molar-refractivity contribution in [3.63, 3.8) is 0 Å². The lowest BCUT2D eigenvalue weighted by molar-refractivity contribution is -0.0144. The number of aryl methyl sites for hydroxylation is 1. The standard InChI is InChI=1S/C17H23N3S/c1-10-15(20-2-3-21-17(20)19-10)9-18-16-13-5-11-4-12(7-13)8-14(16)6-11/h2-3,11-14,16,18H,4-9H2,1H3. The van der Waals surface area contributed by atoms with E-state index in [4.69, 9.17) is 0 Å². The summed E-state index contributed by atoms with van der Waals surface area (Å²) in [4.78, 5) is 5.80. The minimum Gasteiger partial charge on any atom is -0.308 e. The fourth-order valence-electron chi connectivity index (χ4n) is 5.63. The van der Waals surface area contributed by atoms with E-state index in [1.165, 1.54) is 43.5 Å². The second kappa shape index (κ2) is 4.56. The van der Waals surface area contributed by atoms with Gasteiger partial charge >= 0.3 is 0 Å². The van der Waals surface area contributed by atoms with E-state index in [1.807, 2.05) is 0 Å². The van der Waals surface area contributed by atoms with Gasteiger partial charge in [-0.1, -0.05) is 0 Å². The summed E-state index contributed by atoms with van der Waals surface area (Å²) in [6.07, 6.45) is 9.66. The molecule has 2 heterocycles. The number of fused-ring (bicyclic) bond motifs is 1. The number of aromatic nitrogens is 2. The summed E-state index contributed by atoms with van der Waals surface area (Å²) < 4.78 is 2.27. The van der Waals surface area contributed by atoms with E-state index < -0.39 is 0 Å². The van der Waals surface area contributed by atoms with Crippen molar-refractivity contribution >= 4 is 16.3 Å². The summed E-state index contributed by atoms with van der Waals surface area (Å²) in [6.45, 7) is 3.13. The van der Waals surface area contributed by atoms with Gasteiger partial charge in [-0.2, -0.15) is 0 Å². The van der Waals surface area contributed by atoms with Crippen LogP contribution >= 0.6 is 11.3 Å². The number of thiazole rings is 1. The predicted molar refractivity (Wildman–Crippen MR) is 85.5 cm³/mol. The van der Waals surface area contributed by atoms with Gasteiger partial charge < -0.3 is 5.32 Å². The molecule has 1 N–H and O–H groups in total. The van der Waals surface area contributed by atoms with Gasteiger partial charge in [0.05, 0.1) is 11.4 Å². The molecule has 0 saturated heterocycles. The van der Waals surface area contributed by atoms with Crippen molar-refractivity contribution in [2.75, 3.05) is 0 Å². The van der Waals surface area contributed by atoms with E-state index in [0.717, 1.165) is 41.2 Å². The fraction of sp³-hybridized carbons (Fsp3) is 0.706. The van der Waals surface area contributed by atoms with E-state index >= 15 is 0 Å². The smallest absolute Gasteiger partial charge is 0.194 e. The molecule has 4 bridgehead atoms. The molecule has 0 aromatic carbocycles. The van der Waals surface area contributed by atoms with Crippen LogP contribution in [0.25, 0.3) is 4.96 Å². The van der Waals surface area contributed by atoms with E-state index in [1.54, 1.807) is 11.3 Å². The summed E-state index contributed by atoms with van der Waals surface area (Å²) in [5.74, 6) is 4.02. The van der Waals surface area contributed by atoms with Crippen LogP contribution in [0.1, 0.15) is 43.5 Å². The Morgan fingerprint density at radius 1 is 1.19 bits per heavy atom. The highest BCUT2D eigenvalue weighted by molar-refractivity contribution is 7.15. The van der Waals surface area contributed by atoms with Gasteiger partial charge in [0.15, 0.2) is 4.96 Å². The van der Waals surface area contributed by atoms with Gasteiger partial charge in [0, 0.05) is 24.2 Å². The van der Waals surface area contributed by atoms with E-state index in [-0.39, 0.29) is 0 Å². The SMILES string of the molecule is Cc1nc2sccn2c1CNC1C2CC3CC(C2)CC1C3. The molecule has 4 aliphatic carbocycles. The van der Waals surface area contributed by atoms with Crippen LogP contribution in [0.15, 0.2) is 11.6 Å². The first-order valence-corrected chi connectivity index (χ1v) is 9.30. The van der Waals surface area contributed by atoms with Gasteiger partial charge in [-0.25, -0.2) is 4.98 Å². The molecule has 4 saturated carbocycles. The van der Waals surface area contributed by atoms with Crippen LogP contribution in [0.2, 0.25) is 0 Å². The Hall–Kier alpha value is -0.870. The summed E-state index contributed by atoms with van der Waals surface area (Å²) in [7, 11) is 0. The lowest BCUT2D eigenvalue weighted by Gasteiger charge is -2.54. The number of nitrogens with one attached hydrogen (secondary N) is 1. The lowest BCUT2D eigenvalue weighted by Crippen LogP contribution is -2.54. The van der Waals surface area contributed by atoms with E-state index in [0.29, 0.717) is 0 Å². The maximum Gasteiger partial charge on any atom is 0.194 e. The molecule has 0 amide bonds. The fourth-order valence-corrected chi connectivity index (χ4v) is 6.41. The summed E-state index contributed by atoms with van der Waals surface area (Å²) in [5, 5.41) is 6.07. The van der Waals surface area contributed by atoms with Crippen molar-refractivity contribution in [2.24, 2.45) is 23.7 Å². The molecule has 21 heavy (non-hydrogen) atoms. The van der Waals surface area contributed by atoms with Crippen LogP contribution in [0.5, 0.6) is 0 Å². The second-order valence-corrected chi connectivity index (χ2v) is 8.41. The number of nitrogens with zero attached hydrogens (tertiary/aromatic N) is 2. The van der Waals surface area contributed by atoms with E-state index in [9.17, 15) is 0 Å². The molecular formula is C17H23N3S. The van der Waals surface area contributed by atoms with Crippen molar-refractivity contribution in [3.05, 3.63) is 23.0 Å². The van der Waals surface area contributed by atoms with E-state index in [2.05, 4.69) is 33.2 Å². The second-order valence-electron chi connectivity index (χ2n) is 7.54. The number of imidazole rings is 1. The van der Waals surface area contributed by atoms with Gasteiger partial charge in [-0.3, -0.25) is 4.40 Å². The maximum absolute atomic E-state index is 4.67. The zero-order valence-electron chi connectivity index (χ0n) is 12.6. The minimum atomic E-state index is 0.765. The Kier molecular flexibility index (Phi) is 2.75. The van der Waals surface area contributed by atoms with Crippen LogP contribution in [0.4, 0.5) is 0 Å². The molecular weight excluding hydrogens is 278 g/mol. The number of hydrogen-bond donors (Lipinski definition) is 1. The highest BCUT2D eigenvalue weighted by atomic mass is 32.1. The minimum absolute atomic E-state index is 0.765. The highest BCUT2D eigenvalue weighted by Gasteiger charge is 2.47. The summed E-state index contributed by atoms with van der Waals surface area (Å²) >= 11 is 1.73. The van der Waals surface area contributed by atoms with Crippen LogP contribution in [-0.4, -0.2) is 15.4 Å². The molecule has 6 rings (SSSR count). The monoisotopic (exact) mass is 301 g/mol. The third-order valence-electron chi connectivity index (χ3n) is 6.29. The molecule has 0 aliphatic heterocycles. The normalized spacial score (nSPS) is 37.7. The summed E-state index contributed by atoms with van der Waals surface area (Å²) in [5.41, 5.74) is 2.55. The van der Waals surface area contributed by atoms with Gasteiger partial charge in [0.1, 0.15) is 0 Å². The number of rotatable bonds is 3.